The average Bonchev–Trinajstić information content (AvgIpc) is 2.56. The van der Waals surface area contributed by atoms with E-state index in [9.17, 15) is 9.59 Å². The highest BCUT2D eigenvalue weighted by atomic mass is 127. The van der Waals surface area contributed by atoms with E-state index in [0.717, 1.165) is 9.13 Å². The Kier molecular flexibility index (Phi) is 6.67. The van der Waals surface area contributed by atoms with E-state index >= 15 is 0 Å². The van der Waals surface area contributed by atoms with Gasteiger partial charge in [-0.3, -0.25) is 14.6 Å². The summed E-state index contributed by atoms with van der Waals surface area (Å²) in [6, 6.07) is 11.0. The molecule has 0 saturated heterocycles. The number of nitrogens with one attached hydrogen (secondary N) is 2. The summed E-state index contributed by atoms with van der Waals surface area (Å²) in [7, 11) is 0. The van der Waals surface area contributed by atoms with Gasteiger partial charge in [0.1, 0.15) is 0 Å². The van der Waals surface area contributed by atoms with Crippen molar-refractivity contribution in [2.75, 3.05) is 5.32 Å². The first-order valence-electron chi connectivity index (χ1n) is 6.91. The van der Waals surface area contributed by atoms with E-state index in [1.165, 1.54) is 6.21 Å². The lowest BCUT2D eigenvalue weighted by Crippen LogP contribution is -2.20. The van der Waals surface area contributed by atoms with Crippen molar-refractivity contribution in [3.8, 4) is 0 Å². The third-order valence-corrected chi connectivity index (χ3v) is 3.54. The van der Waals surface area contributed by atoms with Crippen molar-refractivity contribution < 1.29 is 9.59 Å². The molecule has 0 aliphatic carbocycles. The maximum atomic E-state index is 11.8. The van der Waals surface area contributed by atoms with Crippen LogP contribution in [0.5, 0.6) is 0 Å². The fourth-order valence-corrected chi connectivity index (χ4v) is 2.03. The van der Waals surface area contributed by atoms with Gasteiger partial charge in [-0.1, -0.05) is 0 Å². The predicted octanol–water partition coefficient (Wildman–Crippen LogP) is 2.56. The number of aromatic nitrogens is 1. The number of halogens is 1. The molecule has 2 aromatic rings. The van der Waals surface area contributed by atoms with Gasteiger partial charge in [0.2, 0.25) is 11.8 Å². The number of amides is 2. The average molecular weight is 422 g/mol. The lowest BCUT2D eigenvalue weighted by Gasteiger charge is -2.04. The van der Waals surface area contributed by atoms with Crippen LogP contribution in [0.1, 0.15) is 18.4 Å². The van der Waals surface area contributed by atoms with Crippen molar-refractivity contribution in [2.24, 2.45) is 5.10 Å². The summed E-state index contributed by atoms with van der Waals surface area (Å²) < 4.78 is 1.09. The molecule has 0 spiro atoms. The van der Waals surface area contributed by atoms with Gasteiger partial charge in [-0.25, -0.2) is 5.43 Å². The Balaban J connectivity index is 1.70. The van der Waals surface area contributed by atoms with E-state index in [4.69, 9.17) is 0 Å². The molecule has 0 fully saturated rings. The molecule has 0 saturated carbocycles. The number of anilines is 1. The van der Waals surface area contributed by atoms with Gasteiger partial charge in [0, 0.05) is 34.5 Å². The van der Waals surface area contributed by atoms with E-state index in [-0.39, 0.29) is 24.7 Å². The lowest BCUT2D eigenvalue weighted by atomic mass is 10.2. The molecule has 0 unspecified atom stereocenters. The largest absolute Gasteiger partial charge is 0.326 e. The van der Waals surface area contributed by atoms with Crippen molar-refractivity contribution in [1.29, 1.82) is 0 Å². The molecule has 2 amide bonds. The molecule has 1 aromatic carbocycles. The molecule has 0 atom stereocenters. The highest BCUT2D eigenvalue weighted by molar-refractivity contribution is 14.1. The Bertz CT molecular complexity index is 687. The lowest BCUT2D eigenvalue weighted by molar-refractivity contribution is -0.124. The number of hydrogen-bond acceptors (Lipinski definition) is 4. The zero-order valence-electron chi connectivity index (χ0n) is 12.2. The van der Waals surface area contributed by atoms with Crippen molar-refractivity contribution in [1.82, 2.24) is 10.4 Å². The fraction of sp³-hybridized carbons (Fsp3) is 0.125. The maximum Gasteiger partial charge on any atom is 0.240 e. The zero-order chi connectivity index (χ0) is 16.5. The molecule has 1 heterocycles. The Hall–Kier alpha value is -2.29. The standard InChI is InChI=1S/C16H15IN4O2/c17-13-1-3-14(4-2-13)20-15(22)5-6-16(23)21-19-11-12-7-9-18-10-8-12/h1-4,7-11H,5-6H2,(H,20,22)(H,21,23). The summed E-state index contributed by atoms with van der Waals surface area (Å²) in [6.07, 6.45) is 4.97. The van der Waals surface area contributed by atoms with Crippen LogP contribution in [0, 0.1) is 3.57 Å². The van der Waals surface area contributed by atoms with Crippen LogP contribution >= 0.6 is 22.6 Å². The van der Waals surface area contributed by atoms with Crippen LogP contribution in [0.25, 0.3) is 0 Å². The van der Waals surface area contributed by atoms with Crippen LogP contribution in [0.2, 0.25) is 0 Å². The van der Waals surface area contributed by atoms with Gasteiger partial charge in [0.05, 0.1) is 6.21 Å². The van der Waals surface area contributed by atoms with Gasteiger partial charge in [-0.2, -0.15) is 5.10 Å². The van der Waals surface area contributed by atoms with Crippen LogP contribution in [-0.4, -0.2) is 23.0 Å². The molecular weight excluding hydrogens is 407 g/mol. The second kappa shape index (κ2) is 8.99. The molecule has 7 heteroatoms. The number of nitrogens with zero attached hydrogens (tertiary/aromatic N) is 2. The van der Waals surface area contributed by atoms with Gasteiger partial charge < -0.3 is 5.32 Å². The second-order valence-electron chi connectivity index (χ2n) is 4.63. The molecule has 1 aromatic heterocycles. The van der Waals surface area contributed by atoms with Crippen LogP contribution in [0.4, 0.5) is 5.69 Å². The summed E-state index contributed by atoms with van der Waals surface area (Å²) >= 11 is 2.19. The Morgan fingerprint density at radius 1 is 1.04 bits per heavy atom. The third-order valence-electron chi connectivity index (χ3n) is 2.82. The number of hydrogen-bond donors (Lipinski definition) is 2. The van der Waals surface area contributed by atoms with E-state index in [1.54, 1.807) is 24.5 Å². The second-order valence-corrected chi connectivity index (χ2v) is 5.87. The van der Waals surface area contributed by atoms with Crippen molar-refractivity contribution in [2.45, 2.75) is 12.8 Å². The summed E-state index contributed by atoms with van der Waals surface area (Å²) in [5.74, 6) is -0.521. The maximum absolute atomic E-state index is 11.8. The molecule has 2 rings (SSSR count). The number of pyridine rings is 1. The number of carbonyl (C=O) groups is 2. The number of benzene rings is 1. The smallest absolute Gasteiger partial charge is 0.240 e. The topological polar surface area (TPSA) is 83.5 Å². The first kappa shape index (κ1) is 17.1. The van der Waals surface area contributed by atoms with Gasteiger partial charge in [-0.05, 0) is 64.6 Å². The quantitative estimate of drug-likeness (QED) is 0.427. The summed E-state index contributed by atoms with van der Waals surface area (Å²) in [4.78, 5) is 27.3. The van der Waals surface area contributed by atoms with E-state index in [1.807, 2.05) is 24.3 Å². The van der Waals surface area contributed by atoms with Crippen LogP contribution in [0.3, 0.4) is 0 Å². The van der Waals surface area contributed by atoms with E-state index < -0.39 is 0 Å². The fourth-order valence-electron chi connectivity index (χ4n) is 1.67. The molecule has 0 aliphatic rings. The molecule has 0 aliphatic heterocycles. The minimum Gasteiger partial charge on any atom is -0.326 e. The van der Waals surface area contributed by atoms with Crippen molar-refractivity contribution in [3.05, 3.63) is 57.9 Å². The summed E-state index contributed by atoms with van der Waals surface area (Å²) in [5, 5.41) is 6.57. The van der Waals surface area contributed by atoms with Crippen molar-refractivity contribution in [3.63, 3.8) is 0 Å². The van der Waals surface area contributed by atoms with Gasteiger partial charge in [0.15, 0.2) is 0 Å². The third kappa shape index (κ3) is 6.55. The van der Waals surface area contributed by atoms with Crippen LogP contribution < -0.4 is 10.7 Å². The number of hydrazone groups is 1. The number of rotatable bonds is 6. The first-order valence-corrected chi connectivity index (χ1v) is 7.99. The highest BCUT2D eigenvalue weighted by Crippen LogP contribution is 2.11. The Labute approximate surface area is 147 Å². The van der Waals surface area contributed by atoms with Gasteiger partial charge in [0.25, 0.3) is 0 Å². The van der Waals surface area contributed by atoms with Gasteiger partial charge in [-0.15, -0.1) is 0 Å². The Morgan fingerprint density at radius 2 is 1.70 bits per heavy atom. The van der Waals surface area contributed by atoms with E-state index in [0.29, 0.717) is 5.69 Å². The minimum absolute atomic E-state index is 0.0733. The Morgan fingerprint density at radius 3 is 2.39 bits per heavy atom. The number of carbonyl (C=O) groups excluding carboxylic acids is 2. The van der Waals surface area contributed by atoms with Crippen molar-refractivity contribution >= 4 is 46.3 Å². The zero-order valence-corrected chi connectivity index (χ0v) is 14.4. The van der Waals surface area contributed by atoms with Crippen LogP contribution in [0.15, 0.2) is 53.9 Å². The highest BCUT2D eigenvalue weighted by Gasteiger charge is 2.06. The molecule has 6 nitrogen and oxygen atoms in total. The normalized spacial score (nSPS) is 10.5. The summed E-state index contributed by atoms with van der Waals surface area (Å²) in [5.41, 5.74) is 3.93. The van der Waals surface area contributed by atoms with Crippen LogP contribution in [-0.2, 0) is 9.59 Å². The molecule has 0 radical (unpaired) electrons. The molecule has 23 heavy (non-hydrogen) atoms. The SMILES string of the molecule is O=C(CCC(=O)Nc1ccc(I)cc1)NN=Cc1ccncc1. The molecular formula is C16H15IN4O2. The molecule has 0 bridgehead atoms. The van der Waals surface area contributed by atoms with E-state index in [2.05, 4.69) is 43.4 Å². The summed E-state index contributed by atoms with van der Waals surface area (Å²) in [6.45, 7) is 0. The van der Waals surface area contributed by atoms with Gasteiger partial charge >= 0.3 is 0 Å². The molecule has 2 N–H and O–H groups in total. The minimum atomic E-state index is -0.312. The first-order chi connectivity index (χ1) is 11.1. The molecule has 118 valence electrons. The predicted molar refractivity (Wildman–Crippen MR) is 97.0 cm³/mol. The monoisotopic (exact) mass is 422 g/mol.